The van der Waals surface area contributed by atoms with E-state index in [0.717, 1.165) is 5.56 Å². The van der Waals surface area contributed by atoms with Crippen molar-refractivity contribution in [2.24, 2.45) is 0 Å². The molecule has 0 aliphatic carbocycles. The summed E-state index contributed by atoms with van der Waals surface area (Å²) in [4.78, 5) is 26.4. The first-order valence-electron chi connectivity index (χ1n) is 8.51. The Bertz CT molecular complexity index is 810. The Morgan fingerprint density at radius 3 is 2.44 bits per heavy atom. The van der Waals surface area contributed by atoms with Crippen molar-refractivity contribution in [2.45, 2.75) is 13.5 Å². The zero-order valence-electron chi connectivity index (χ0n) is 15.6. The largest absolute Gasteiger partial charge is 0.493 e. The lowest BCUT2D eigenvalue weighted by Crippen LogP contribution is -2.39. The molecule has 0 spiro atoms. The van der Waals surface area contributed by atoms with E-state index < -0.39 is 0 Å². The Morgan fingerprint density at radius 1 is 1.07 bits per heavy atom. The number of carbonyl (C=O) groups excluding carboxylic acids is 2. The van der Waals surface area contributed by atoms with Gasteiger partial charge in [0, 0.05) is 23.7 Å². The van der Waals surface area contributed by atoms with E-state index in [9.17, 15) is 9.59 Å². The van der Waals surface area contributed by atoms with E-state index in [1.807, 2.05) is 25.1 Å². The van der Waals surface area contributed by atoms with Gasteiger partial charge in [-0.3, -0.25) is 9.59 Å². The van der Waals surface area contributed by atoms with Crippen LogP contribution >= 0.6 is 11.6 Å². The van der Waals surface area contributed by atoms with E-state index in [-0.39, 0.29) is 18.4 Å². The zero-order chi connectivity index (χ0) is 19.8. The Hall–Kier alpha value is -2.73. The Kier molecular flexibility index (Phi) is 7.49. The Morgan fingerprint density at radius 2 is 1.81 bits per heavy atom. The number of methoxy groups -OCH3 is 2. The maximum Gasteiger partial charge on any atom is 0.251 e. The summed E-state index contributed by atoms with van der Waals surface area (Å²) in [6.07, 6.45) is 0. The van der Waals surface area contributed by atoms with Gasteiger partial charge in [-0.15, -0.1) is 0 Å². The number of likely N-dealkylation sites (N-methyl/N-ethyl adjacent to an activating group) is 1. The van der Waals surface area contributed by atoms with Crippen molar-refractivity contribution >= 4 is 23.4 Å². The highest BCUT2D eigenvalue weighted by Crippen LogP contribution is 2.27. The van der Waals surface area contributed by atoms with Crippen molar-refractivity contribution in [3.63, 3.8) is 0 Å². The van der Waals surface area contributed by atoms with E-state index >= 15 is 0 Å². The lowest BCUT2D eigenvalue weighted by molar-refractivity contribution is -0.130. The van der Waals surface area contributed by atoms with Gasteiger partial charge >= 0.3 is 0 Å². The third kappa shape index (κ3) is 5.62. The minimum atomic E-state index is -0.358. The van der Waals surface area contributed by atoms with Crippen LogP contribution in [-0.4, -0.2) is 44.0 Å². The van der Waals surface area contributed by atoms with Crippen LogP contribution in [-0.2, 0) is 11.3 Å². The fourth-order valence-corrected chi connectivity index (χ4v) is 2.79. The van der Waals surface area contributed by atoms with Crippen molar-refractivity contribution in [1.29, 1.82) is 0 Å². The van der Waals surface area contributed by atoms with Gasteiger partial charge in [-0.25, -0.2) is 0 Å². The topological polar surface area (TPSA) is 67.9 Å². The Labute approximate surface area is 164 Å². The van der Waals surface area contributed by atoms with Crippen LogP contribution in [0.3, 0.4) is 0 Å². The summed E-state index contributed by atoms with van der Waals surface area (Å²) in [6, 6.07) is 12.2. The number of carbonyl (C=O) groups is 2. The molecule has 0 aromatic heterocycles. The number of nitrogens with one attached hydrogen (secondary N) is 1. The minimum absolute atomic E-state index is 0.0957. The number of halogens is 1. The van der Waals surface area contributed by atoms with Crippen LogP contribution in [0.1, 0.15) is 22.8 Å². The first-order chi connectivity index (χ1) is 13.0. The predicted octanol–water partition coefficient (Wildman–Crippen LogP) is 3.14. The highest BCUT2D eigenvalue weighted by atomic mass is 35.5. The van der Waals surface area contributed by atoms with Crippen LogP contribution in [0.5, 0.6) is 11.5 Å². The molecule has 144 valence electrons. The third-order valence-electron chi connectivity index (χ3n) is 4.04. The zero-order valence-corrected chi connectivity index (χ0v) is 16.4. The van der Waals surface area contributed by atoms with E-state index in [4.69, 9.17) is 21.1 Å². The van der Waals surface area contributed by atoms with Crippen molar-refractivity contribution < 1.29 is 19.1 Å². The summed E-state index contributed by atoms with van der Waals surface area (Å²) in [7, 11) is 3.02. The summed E-state index contributed by atoms with van der Waals surface area (Å²) in [6.45, 7) is 2.75. The van der Waals surface area contributed by atoms with Gasteiger partial charge in [-0.2, -0.15) is 0 Å². The molecule has 6 nitrogen and oxygen atoms in total. The molecule has 0 heterocycles. The second-order valence-corrected chi connectivity index (χ2v) is 6.23. The van der Waals surface area contributed by atoms with Gasteiger partial charge in [0.25, 0.3) is 5.91 Å². The summed E-state index contributed by atoms with van der Waals surface area (Å²) in [5.74, 6) is 0.450. The monoisotopic (exact) mass is 390 g/mol. The van der Waals surface area contributed by atoms with Crippen molar-refractivity contribution in [3.8, 4) is 11.5 Å². The number of hydrogen-bond donors (Lipinski definition) is 1. The number of amides is 2. The van der Waals surface area contributed by atoms with Gasteiger partial charge in [-0.05, 0) is 42.8 Å². The molecular weight excluding hydrogens is 368 g/mol. The highest BCUT2D eigenvalue weighted by Gasteiger charge is 2.15. The number of ether oxygens (including phenoxy) is 2. The molecule has 0 atom stereocenters. The van der Waals surface area contributed by atoms with E-state index in [1.165, 1.54) is 14.2 Å². The smallest absolute Gasteiger partial charge is 0.251 e. The van der Waals surface area contributed by atoms with Crippen molar-refractivity contribution in [2.75, 3.05) is 27.3 Å². The lowest BCUT2D eigenvalue weighted by Gasteiger charge is -2.21. The van der Waals surface area contributed by atoms with Crippen LogP contribution in [0.4, 0.5) is 0 Å². The number of nitrogens with zero attached hydrogens (tertiary/aromatic N) is 1. The van der Waals surface area contributed by atoms with Gasteiger partial charge in [-0.1, -0.05) is 23.7 Å². The molecule has 0 saturated heterocycles. The molecule has 0 aliphatic rings. The quantitative estimate of drug-likeness (QED) is 0.751. The van der Waals surface area contributed by atoms with Gasteiger partial charge in [0.15, 0.2) is 11.5 Å². The summed E-state index contributed by atoms with van der Waals surface area (Å²) in [5.41, 5.74) is 1.32. The molecule has 27 heavy (non-hydrogen) atoms. The van der Waals surface area contributed by atoms with E-state index in [0.29, 0.717) is 35.2 Å². The van der Waals surface area contributed by atoms with Crippen LogP contribution in [0.25, 0.3) is 0 Å². The maximum absolute atomic E-state index is 12.5. The SMILES string of the molecule is CCN(Cc1cccc(Cl)c1)C(=O)CNC(=O)c1ccc(OC)c(OC)c1. The number of benzene rings is 2. The molecule has 0 aliphatic heterocycles. The first-order valence-corrected chi connectivity index (χ1v) is 8.88. The number of hydrogen-bond acceptors (Lipinski definition) is 4. The van der Waals surface area contributed by atoms with Gasteiger partial charge in [0.1, 0.15) is 0 Å². The minimum Gasteiger partial charge on any atom is -0.493 e. The van der Waals surface area contributed by atoms with E-state index in [1.54, 1.807) is 29.2 Å². The molecule has 2 amide bonds. The maximum atomic E-state index is 12.5. The van der Waals surface area contributed by atoms with Crippen LogP contribution in [0.15, 0.2) is 42.5 Å². The molecule has 0 bridgehead atoms. The third-order valence-corrected chi connectivity index (χ3v) is 4.28. The highest BCUT2D eigenvalue weighted by molar-refractivity contribution is 6.30. The molecule has 0 saturated carbocycles. The van der Waals surface area contributed by atoms with Crippen LogP contribution in [0.2, 0.25) is 5.02 Å². The molecule has 2 aromatic rings. The lowest BCUT2D eigenvalue weighted by atomic mass is 10.2. The van der Waals surface area contributed by atoms with Crippen molar-refractivity contribution in [1.82, 2.24) is 10.2 Å². The predicted molar refractivity (Wildman–Crippen MR) is 104 cm³/mol. The standard InChI is InChI=1S/C20H23ClN2O4/c1-4-23(13-14-6-5-7-16(21)10-14)19(24)12-22-20(25)15-8-9-17(26-2)18(11-15)27-3/h5-11H,4,12-13H2,1-3H3,(H,22,25). The molecular formula is C20H23ClN2O4. The Balaban J connectivity index is 1.97. The normalized spacial score (nSPS) is 10.2. The second kappa shape index (κ2) is 9.83. The van der Waals surface area contributed by atoms with Crippen LogP contribution < -0.4 is 14.8 Å². The van der Waals surface area contributed by atoms with E-state index in [2.05, 4.69) is 5.32 Å². The molecule has 1 N–H and O–H groups in total. The summed E-state index contributed by atoms with van der Waals surface area (Å²) < 4.78 is 10.3. The number of rotatable bonds is 8. The molecule has 2 rings (SSSR count). The van der Waals surface area contributed by atoms with Gasteiger partial charge in [0.05, 0.1) is 20.8 Å². The fourth-order valence-electron chi connectivity index (χ4n) is 2.58. The van der Waals surface area contributed by atoms with Crippen LogP contribution in [0, 0.1) is 0 Å². The molecule has 2 aromatic carbocycles. The van der Waals surface area contributed by atoms with Gasteiger partial charge < -0.3 is 19.7 Å². The molecule has 0 unspecified atom stereocenters. The second-order valence-electron chi connectivity index (χ2n) is 5.79. The summed E-state index contributed by atoms with van der Waals surface area (Å²) in [5, 5.41) is 3.27. The fraction of sp³-hybridized carbons (Fsp3) is 0.300. The first kappa shape index (κ1) is 20.6. The average molecular weight is 391 g/mol. The summed E-state index contributed by atoms with van der Waals surface area (Å²) >= 11 is 5.99. The average Bonchev–Trinajstić information content (AvgIpc) is 2.69. The molecule has 0 radical (unpaired) electrons. The van der Waals surface area contributed by atoms with Crippen molar-refractivity contribution in [3.05, 3.63) is 58.6 Å². The molecule has 0 fully saturated rings. The van der Waals surface area contributed by atoms with Gasteiger partial charge in [0.2, 0.25) is 5.91 Å². The molecule has 7 heteroatoms.